The molecule has 2 N–H and O–H groups in total. The Morgan fingerprint density at radius 2 is 2.29 bits per heavy atom. The highest BCUT2D eigenvalue weighted by atomic mass is 32.1. The summed E-state index contributed by atoms with van der Waals surface area (Å²) in [6, 6.07) is 2.36. The van der Waals surface area contributed by atoms with Crippen molar-refractivity contribution in [3.63, 3.8) is 0 Å². The number of aromatic nitrogens is 1. The summed E-state index contributed by atoms with van der Waals surface area (Å²) in [5.74, 6) is 0.0410. The minimum Gasteiger partial charge on any atom is -0.397 e. The molecule has 1 amide bonds. The SMILES string of the molecule is Cc1ccnc2sc(C(=O)N3CCC(N(C)C)C3)c(N)c12. The molecule has 6 heteroatoms. The predicted molar refractivity (Wildman–Crippen MR) is 86.8 cm³/mol. The van der Waals surface area contributed by atoms with Crippen molar-refractivity contribution in [3.05, 3.63) is 22.7 Å². The number of pyridine rings is 1. The largest absolute Gasteiger partial charge is 0.397 e. The number of nitrogen functional groups attached to an aromatic ring is 1. The summed E-state index contributed by atoms with van der Waals surface area (Å²) in [6.07, 6.45) is 2.78. The van der Waals surface area contributed by atoms with Crippen molar-refractivity contribution in [2.45, 2.75) is 19.4 Å². The topological polar surface area (TPSA) is 62.5 Å². The van der Waals surface area contributed by atoms with Gasteiger partial charge in [0.15, 0.2) is 0 Å². The van der Waals surface area contributed by atoms with E-state index >= 15 is 0 Å². The maximum atomic E-state index is 12.7. The summed E-state index contributed by atoms with van der Waals surface area (Å²) >= 11 is 1.40. The summed E-state index contributed by atoms with van der Waals surface area (Å²) in [5, 5.41) is 0.925. The molecule has 3 rings (SSSR count). The molecule has 1 atom stereocenters. The Bertz CT molecular complexity index is 694. The fraction of sp³-hybridized carbons (Fsp3) is 0.467. The fourth-order valence-electron chi connectivity index (χ4n) is 2.85. The van der Waals surface area contributed by atoms with Crippen LogP contribution in [-0.4, -0.2) is 53.9 Å². The highest BCUT2D eigenvalue weighted by Crippen LogP contribution is 2.35. The first-order valence-corrected chi connectivity index (χ1v) is 7.90. The van der Waals surface area contributed by atoms with Crippen molar-refractivity contribution in [2.24, 2.45) is 0 Å². The van der Waals surface area contributed by atoms with Gasteiger partial charge in [-0.05, 0) is 39.1 Å². The summed E-state index contributed by atoms with van der Waals surface area (Å²) in [7, 11) is 4.11. The molecular weight excluding hydrogens is 284 g/mol. The van der Waals surface area contributed by atoms with Crippen LogP contribution in [0.5, 0.6) is 0 Å². The average molecular weight is 304 g/mol. The van der Waals surface area contributed by atoms with Crippen LogP contribution in [0.2, 0.25) is 0 Å². The number of hydrogen-bond acceptors (Lipinski definition) is 5. The van der Waals surface area contributed by atoms with Crippen molar-refractivity contribution < 1.29 is 4.79 Å². The molecule has 1 aliphatic heterocycles. The first kappa shape index (κ1) is 14.3. The molecule has 3 heterocycles. The van der Waals surface area contributed by atoms with Gasteiger partial charge in [-0.25, -0.2) is 4.98 Å². The molecule has 0 aromatic carbocycles. The second-order valence-electron chi connectivity index (χ2n) is 5.81. The Labute approximate surface area is 128 Å². The van der Waals surface area contributed by atoms with E-state index in [9.17, 15) is 4.79 Å². The summed E-state index contributed by atoms with van der Waals surface area (Å²) in [6.45, 7) is 3.56. The van der Waals surface area contributed by atoms with Crippen LogP contribution >= 0.6 is 11.3 Å². The predicted octanol–water partition coefficient (Wildman–Crippen LogP) is 1.96. The van der Waals surface area contributed by atoms with Gasteiger partial charge in [0, 0.05) is 30.7 Å². The Morgan fingerprint density at radius 1 is 1.52 bits per heavy atom. The fourth-order valence-corrected chi connectivity index (χ4v) is 3.96. The lowest BCUT2D eigenvalue weighted by Gasteiger charge is -2.20. The first-order chi connectivity index (χ1) is 9.99. The van der Waals surface area contributed by atoms with Gasteiger partial charge in [0.25, 0.3) is 5.91 Å². The molecule has 1 aliphatic rings. The van der Waals surface area contributed by atoms with E-state index in [-0.39, 0.29) is 5.91 Å². The van der Waals surface area contributed by atoms with E-state index in [4.69, 9.17) is 5.73 Å². The second-order valence-corrected chi connectivity index (χ2v) is 6.81. The third-order valence-electron chi connectivity index (χ3n) is 4.21. The van der Waals surface area contributed by atoms with Gasteiger partial charge in [-0.2, -0.15) is 0 Å². The number of rotatable bonds is 2. The molecule has 0 aliphatic carbocycles. The number of nitrogens with two attached hydrogens (primary N) is 1. The minimum absolute atomic E-state index is 0.0410. The molecule has 0 saturated carbocycles. The van der Waals surface area contributed by atoms with Gasteiger partial charge >= 0.3 is 0 Å². The molecule has 1 unspecified atom stereocenters. The van der Waals surface area contributed by atoms with E-state index in [1.54, 1.807) is 6.20 Å². The summed E-state index contributed by atoms with van der Waals surface area (Å²) in [4.78, 5) is 22.6. The van der Waals surface area contributed by atoms with E-state index in [0.29, 0.717) is 16.6 Å². The maximum Gasteiger partial charge on any atom is 0.266 e. The lowest BCUT2D eigenvalue weighted by Crippen LogP contribution is -2.34. The summed E-state index contributed by atoms with van der Waals surface area (Å²) < 4.78 is 0. The standard InChI is InChI=1S/C15H20N4OS/c1-9-4-6-17-14-11(9)12(16)13(21-14)15(20)19-7-5-10(8-19)18(2)3/h4,6,10H,5,7-8,16H2,1-3H3. The van der Waals surface area contributed by atoms with Crippen LogP contribution in [-0.2, 0) is 0 Å². The second kappa shape index (κ2) is 5.27. The number of anilines is 1. The van der Waals surface area contributed by atoms with Crippen LogP contribution in [0.25, 0.3) is 10.2 Å². The Kier molecular flexibility index (Phi) is 3.59. The Balaban J connectivity index is 1.93. The number of amides is 1. The molecular formula is C15H20N4OS. The average Bonchev–Trinajstić information content (AvgIpc) is 3.04. The third kappa shape index (κ3) is 2.38. The molecule has 21 heavy (non-hydrogen) atoms. The van der Waals surface area contributed by atoms with Crippen LogP contribution in [0, 0.1) is 6.92 Å². The number of likely N-dealkylation sites (N-methyl/N-ethyl adjacent to an activating group) is 1. The number of carbonyl (C=O) groups is 1. The number of nitrogens with zero attached hydrogens (tertiary/aromatic N) is 3. The van der Waals surface area contributed by atoms with Crippen LogP contribution in [0.1, 0.15) is 21.7 Å². The van der Waals surface area contributed by atoms with Crippen LogP contribution in [0.3, 0.4) is 0 Å². The van der Waals surface area contributed by atoms with Crippen molar-refractivity contribution in [3.8, 4) is 0 Å². The van der Waals surface area contributed by atoms with E-state index in [2.05, 4.69) is 24.0 Å². The van der Waals surface area contributed by atoms with Gasteiger partial charge in [-0.3, -0.25) is 4.79 Å². The quantitative estimate of drug-likeness (QED) is 0.921. The molecule has 112 valence electrons. The first-order valence-electron chi connectivity index (χ1n) is 7.08. The smallest absolute Gasteiger partial charge is 0.266 e. The number of carbonyl (C=O) groups excluding carboxylic acids is 1. The third-order valence-corrected chi connectivity index (χ3v) is 5.31. The number of likely N-dealkylation sites (tertiary alicyclic amines) is 1. The van der Waals surface area contributed by atoms with Gasteiger partial charge in [-0.15, -0.1) is 11.3 Å². The summed E-state index contributed by atoms with van der Waals surface area (Å²) in [5.41, 5.74) is 7.87. The van der Waals surface area contributed by atoms with Crippen molar-refractivity contribution in [1.29, 1.82) is 0 Å². The van der Waals surface area contributed by atoms with Crippen molar-refractivity contribution in [2.75, 3.05) is 32.9 Å². The van der Waals surface area contributed by atoms with E-state index < -0.39 is 0 Å². The number of hydrogen-bond donors (Lipinski definition) is 1. The van der Waals surface area contributed by atoms with Crippen LogP contribution in [0.15, 0.2) is 12.3 Å². The zero-order valence-corrected chi connectivity index (χ0v) is 13.4. The van der Waals surface area contributed by atoms with Gasteiger partial charge in [-0.1, -0.05) is 0 Å². The lowest BCUT2D eigenvalue weighted by atomic mass is 10.1. The van der Waals surface area contributed by atoms with E-state index in [0.717, 1.165) is 35.3 Å². The van der Waals surface area contributed by atoms with Crippen LogP contribution < -0.4 is 5.73 Å². The van der Waals surface area contributed by atoms with Gasteiger partial charge in [0.1, 0.15) is 9.71 Å². The van der Waals surface area contributed by atoms with Crippen molar-refractivity contribution in [1.82, 2.24) is 14.8 Å². The maximum absolute atomic E-state index is 12.7. The molecule has 2 aromatic heterocycles. The number of thiophene rings is 1. The zero-order chi connectivity index (χ0) is 15.1. The molecule has 5 nitrogen and oxygen atoms in total. The molecule has 0 radical (unpaired) electrons. The normalized spacial score (nSPS) is 18.9. The molecule has 1 fully saturated rings. The van der Waals surface area contributed by atoms with Crippen molar-refractivity contribution >= 4 is 33.1 Å². The minimum atomic E-state index is 0.0410. The number of fused-ring (bicyclic) bond motifs is 1. The van der Waals surface area contributed by atoms with Gasteiger partial charge < -0.3 is 15.5 Å². The van der Waals surface area contributed by atoms with Crippen LogP contribution in [0.4, 0.5) is 5.69 Å². The zero-order valence-electron chi connectivity index (χ0n) is 12.6. The van der Waals surface area contributed by atoms with E-state index in [1.165, 1.54) is 11.3 Å². The monoisotopic (exact) mass is 304 g/mol. The number of aryl methyl sites for hydroxylation is 1. The van der Waals surface area contributed by atoms with E-state index in [1.807, 2.05) is 17.9 Å². The lowest BCUT2D eigenvalue weighted by molar-refractivity contribution is 0.0789. The Morgan fingerprint density at radius 3 is 2.90 bits per heavy atom. The molecule has 1 saturated heterocycles. The highest BCUT2D eigenvalue weighted by Gasteiger charge is 2.30. The molecule has 0 spiro atoms. The molecule has 2 aromatic rings. The highest BCUT2D eigenvalue weighted by molar-refractivity contribution is 7.21. The Hall–Kier alpha value is -1.66. The van der Waals surface area contributed by atoms with Gasteiger partial charge in [0.05, 0.1) is 5.69 Å². The molecule has 0 bridgehead atoms. The van der Waals surface area contributed by atoms with Gasteiger partial charge in [0.2, 0.25) is 0 Å².